The molecule has 11 heteroatoms. The Morgan fingerprint density at radius 1 is 1.29 bits per heavy atom. The van der Waals surface area contributed by atoms with Gasteiger partial charge >= 0.3 is 10.9 Å². The molecule has 3 heterocycles. The van der Waals surface area contributed by atoms with Crippen molar-refractivity contribution < 1.29 is 9.53 Å². The standard InChI is InChI=1S/C24H28N6O3S2/c1-3-8-30(9-10-33-2)23(31)28-15-4-6-16-18(11-15)34-22-20(16)21(25-13-26-22)27-14-5-7-17-19(12-14)35-24(32)29-17/h5,7,12-13,15H,3-4,6,8-11H2,1-2H3,(H,28,31)(H,29,32)(H,25,26,27). The van der Waals surface area contributed by atoms with Gasteiger partial charge in [0, 0.05) is 43.2 Å². The van der Waals surface area contributed by atoms with Crippen molar-refractivity contribution in [3.8, 4) is 0 Å². The van der Waals surface area contributed by atoms with E-state index in [0.717, 1.165) is 57.6 Å². The highest BCUT2D eigenvalue weighted by Crippen LogP contribution is 2.39. The zero-order valence-electron chi connectivity index (χ0n) is 19.7. The number of rotatable bonds is 8. The zero-order chi connectivity index (χ0) is 24.4. The Balaban J connectivity index is 1.35. The quantitative estimate of drug-likeness (QED) is 0.325. The molecule has 2 amide bonds. The van der Waals surface area contributed by atoms with Gasteiger partial charge in [-0.1, -0.05) is 18.3 Å². The normalized spacial score (nSPS) is 15.3. The first kappa shape index (κ1) is 23.7. The first-order valence-corrected chi connectivity index (χ1v) is 13.4. The van der Waals surface area contributed by atoms with E-state index < -0.39 is 0 Å². The van der Waals surface area contributed by atoms with Gasteiger partial charge in [-0.2, -0.15) is 0 Å². The number of carbonyl (C=O) groups excluding carboxylic acids is 1. The molecule has 184 valence electrons. The number of ether oxygens (including phenoxy) is 1. The third-order valence-corrected chi connectivity index (χ3v) is 8.21. The Morgan fingerprint density at radius 2 is 2.17 bits per heavy atom. The van der Waals surface area contributed by atoms with Gasteiger partial charge in [-0.3, -0.25) is 4.79 Å². The molecule has 3 N–H and O–H groups in total. The number of anilines is 2. The summed E-state index contributed by atoms with van der Waals surface area (Å²) < 4.78 is 6.06. The molecule has 1 unspecified atom stereocenters. The summed E-state index contributed by atoms with van der Waals surface area (Å²) in [7, 11) is 1.65. The number of thiophene rings is 1. The Labute approximate surface area is 210 Å². The number of fused-ring (bicyclic) bond motifs is 4. The number of aryl methyl sites for hydroxylation is 1. The maximum Gasteiger partial charge on any atom is 0.317 e. The summed E-state index contributed by atoms with van der Waals surface area (Å²) in [6.45, 7) is 3.91. The molecule has 4 aromatic rings. The second-order valence-electron chi connectivity index (χ2n) is 8.63. The van der Waals surface area contributed by atoms with E-state index in [-0.39, 0.29) is 16.9 Å². The molecule has 0 radical (unpaired) electrons. The molecule has 5 rings (SSSR count). The molecule has 1 aromatic carbocycles. The number of aromatic amines is 1. The minimum absolute atomic E-state index is 0.0249. The van der Waals surface area contributed by atoms with Crippen LogP contribution in [-0.4, -0.2) is 58.7 Å². The molecule has 0 saturated heterocycles. The molecule has 9 nitrogen and oxygen atoms in total. The van der Waals surface area contributed by atoms with Gasteiger partial charge in [0.1, 0.15) is 17.0 Å². The van der Waals surface area contributed by atoms with Crippen LogP contribution >= 0.6 is 22.7 Å². The predicted molar refractivity (Wildman–Crippen MR) is 141 cm³/mol. The SMILES string of the molecule is CCCN(CCOC)C(=O)NC1CCc2c(sc3ncnc(Nc4ccc5[nH]c(=O)sc5c4)c23)C1. The van der Waals surface area contributed by atoms with E-state index in [0.29, 0.717) is 19.7 Å². The fraction of sp³-hybridized carbons (Fsp3) is 0.417. The van der Waals surface area contributed by atoms with Crippen molar-refractivity contribution in [2.75, 3.05) is 32.1 Å². The van der Waals surface area contributed by atoms with Crippen molar-refractivity contribution >= 4 is 60.6 Å². The van der Waals surface area contributed by atoms with Gasteiger partial charge in [0.05, 0.1) is 22.2 Å². The van der Waals surface area contributed by atoms with Crippen molar-refractivity contribution in [3.63, 3.8) is 0 Å². The van der Waals surface area contributed by atoms with Crippen LogP contribution in [0.15, 0.2) is 29.3 Å². The van der Waals surface area contributed by atoms with E-state index in [1.54, 1.807) is 24.8 Å². The van der Waals surface area contributed by atoms with Gasteiger partial charge < -0.3 is 25.3 Å². The average Bonchev–Trinajstić information content (AvgIpc) is 3.40. The van der Waals surface area contributed by atoms with Crippen molar-refractivity contribution in [2.45, 2.75) is 38.6 Å². The maximum atomic E-state index is 12.9. The molecule has 3 aromatic heterocycles. The van der Waals surface area contributed by atoms with Crippen molar-refractivity contribution in [1.82, 2.24) is 25.2 Å². The number of hydrogen-bond donors (Lipinski definition) is 3. The van der Waals surface area contributed by atoms with Crippen LogP contribution in [-0.2, 0) is 17.6 Å². The fourth-order valence-corrected chi connectivity index (χ4v) is 6.58. The lowest BCUT2D eigenvalue weighted by molar-refractivity contribution is 0.147. The average molecular weight is 513 g/mol. The van der Waals surface area contributed by atoms with E-state index in [4.69, 9.17) is 4.74 Å². The lowest BCUT2D eigenvalue weighted by Crippen LogP contribution is -2.47. The summed E-state index contributed by atoms with van der Waals surface area (Å²) in [4.78, 5) is 40.4. The number of thiazole rings is 1. The highest BCUT2D eigenvalue weighted by atomic mass is 32.1. The Kier molecular flexibility index (Phi) is 6.98. The summed E-state index contributed by atoms with van der Waals surface area (Å²) in [5.41, 5.74) is 2.97. The second-order valence-corrected chi connectivity index (χ2v) is 10.7. The van der Waals surface area contributed by atoms with Crippen LogP contribution in [0.5, 0.6) is 0 Å². The fourth-order valence-electron chi connectivity index (χ4n) is 4.54. The number of benzene rings is 1. The van der Waals surface area contributed by atoms with Crippen LogP contribution in [0.25, 0.3) is 20.4 Å². The van der Waals surface area contributed by atoms with Gasteiger partial charge in [0.15, 0.2) is 0 Å². The number of hydrogen-bond acceptors (Lipinski definition) is 8. The molecule has 1 aliphatic carbocycles. The summed E-state index contributed by atoms with van der Waals surface area (Å²) >= 11 is 2.87. The molecular formula is C24H28N6O3S2. The Hall–Kier alpha value is -3.02. The predicted octanol–water partition coefficient (Wildman–Crippen LogP) is 4.26. The summed E-state index contributed by atoms with van der Waals surface area (Å²) in [6, 6.07) is 5.87. The van der Waals surface area contributed by atoms with Crippen molar-refractivity contribution in [1.29, 1.82) is 0 Å². The number of nitrogens with one attached hydrogen (secondary N) is 3. The zero-order valence-corrected chi connectivity index (χ0v) is 21.4. The monoisotopic (exact) mass is 512 g/mol. The maximum absolute atomic E-state index is 12.9. The number of carbonyl (C=O) groups is 1. The minimum atomic E-state index is -0.0633. The Bertz CT molecular complexity index is 1410. The molecule has 1 atom stereocenters. The van der Waals surface area contributed by atoms with Crippen LogP contribution < -0.4 is 15.5 Å². The van der Waals surface area contributed by atoms with Gasteiger partial charge in [0.25, 0.3) is 0 Å². The Morgan fingerprint density at radius 3 is 3.00 bits per heavy atom. The number of aromatic nitrogens is 3. The second kappa shape index (κ2) is 10.3. The third-order valence-electron chi connectivity index (χ3n) is 6.20. The number of nitrogens with zero attached hydrogens (tertiary/aromatic N) is 3. The third kappa shape index (κ3) is 5.02. The van der Waals surface area contributed by atoms with Gasteiger partial charge in [-0.05, 0) is 43.0 Å². The van der Waals surface area contributed by atoms with Crippen LogP contribution in [0.4, 0.5) is 16.3 Å². The minimum Gasteiger partial charge on any atom is -0.383 e. The first-order valence-electron chi connectivity index (χ1n) is 11.7. The number of methoxy groups -OCH3 is 1. The summed E-state index contributed by atoms with van der Waals surface area (Å²) in [6.07, 6.45) is 5.00. The molecule has 1 aliphatic rings. The smallest absolute Gasteiger partial charge is 0.317 e. The van der Waals surface area contributed by atoms with Crippen LogP contribution in [0, 0.1) is 0 Å². The number of H-pyrrole nitrogens is 1. The molecule has 0 spiro atoms. The molecule has 0 bridgehead atoms. The summed E-state index contributed by atoms with van der Waals surface area (Å²) in [5.74, 6) is 0.769. The number of urea groups is 1. The molecular weight excluding hydrogens is 484 g/mol. The van der Waals surface area contributed by atoms with Crippen molar-refractivity contribution in [2.24, 2.45) is 0 Å². The highest BCUT2D eigenvalue weighted by Gasteiger charge is 2.27. The van der Waals surface area contributed by atoms with E-state index in [1.807, 2.05) is 23.1 Å². The largest absolute Gasteiger partial charge is 0.383 e. The van der Waals surface area contributed by atoms with E-state index >= 15 is 0 Å². The van der Waals surface area contributed by atoms with Gasteiger partial charge in [-0.25, -0.2) is 14.8 Å². The highest BCUT2D eigenvalue weighted by molar-refractivity contribution is 7.19. The van der Waals surface area contributed by atoms with Crippen LogP contribution in [0.2, 0.25) is 0 Å². The van der Waals surface area contributed by atoms with E-state index in [2.05, 4.69) is 32.5 Å². The van der Waals surface area contributed by atoms with Crippen LogP contribution in [0.3, 0.4) is 0 Å². The van der Waals surface area contributed by atoms with Gasteiger partial charge in [0.2, 0.25) is 0 Å². The molecule has 0 fully saturated rings. The molecule has 35 heavy (non-hydrogen) atoms. The van der Waals surface area contributed by atoms with Crippen LogP contribution in [0.1, 0.15) is 30.2 Å². The molecule has 0 saturated carbocycles. The topological polar surface area (TPSA) is 112 Å². The van der Waals surface area contributed by atoms with Gasteiger partial charge in [-0.15, -0.1) is 11.3 Å². The number of amides is 2. The first-order chi connectivity index (χ1) is 17.1. The lowest BCUT2D eigenvalue weighted by Gasteiger charge is -2.28. The van der Waals surface area contributed by atoms with Crippen molar-refractivity contribution in [3.05, 3.63) is 44.6 Å². The summed E-state index contributed by atoms with van der Waals surface area (Å²) in [5, 5.41) is 7.71. The van der Waals surface area contributed by atoms with E-state index in [1.165, 1.54) is 21.8 Å². The molecule has 0 aliphatic heterocycles. The lowest BCUT2D eigenvalue weighted by atomic mass is 9.93. The van der Waals surface area contributed by atoms with E-state index in [9.17, 15) is 9.59 Å².